The highest BCUT2D eigenvalue weighted by molar-refractivity contribution is 6.04. The molecule has 26 heavy (non-hydrogen) atoms. The van der Waals surface area contributed by atoms with Crippen LogP contribution in [0.5, 0.6) is 11.5 Å². The average molecular weight is 345 g/mol. The van der Waals surface area contributed by atoms with Crippen LogP contribution in [0.15, 0.2) is 78.9 Å². The van der Waals surface area contributed by atoms with Crippen molar-refractivity contribution in [1.29, 1.82) is 0 Å². The fourth-order valence-corrected chi connectivity index (χ4v) is 2.63. The molecule has 0 spiro atoms. The molecule has 3 rings (SSSR count). The van der Waals surface area contributed by atoms with Gasteiger partial charge >= 0.3 is 0 Å². The summed E-state index contributed by atoms with van der Waals surface area (Å²) in [6, 6.07) is 24.7. The van der Waals surface area contributed by atoms with E-state index in [-0.39, 0.29) is 5.91 Å². The molecule has 0 saturated heterocycles. The van der Waals surface area contributed by atoms with E-state index in [4.69, 9.17) is 4.74 Å². The lowest BCUT2D eigenvalue weighted by atomic mass is 9.98. The van der Waals surface area contributed by atoms with Gasteiger partial charge in [0.15, 0.2) is 0 Å². The predicted octanol–water partition coefficient (Wildman–Crippen LogP) is 6.24. The molecule has 0 unspecified atom stereocenters. The van der Waals surface area contributed by atoms with Gasteiger partial charge in [0.25, 0.3) is 5.91 Å². The monoisotopic (exact) mass is 345 g/mol. The zero-order valence-electron chi connectivity index (χ0n) is 15.1. The third kappa shape index (κ3) is 4.51. The van der Waals surface area contributed by atoms with Crippen LogP contribution >= 0.6 is 0 Å². The maximum atomic E-state index is 12.4. The number of ether oxygens (including phenoxy) is 1. The number of para-hydroxylation sites is 1. The summed E-state index contributed by atoms with van der Waals surface area (Å²) in [5.41, 5.74) is 2.68. The number of carbonyl (C=O) groups excluding carboxylic acids is 1. The first kappa shape index (κ1) is 17.7. The summed E-state index contributed by atoms with van der Waals surface area (Å²) in [7, 11) is 0. The number of benzene rings is 3. The molecule has 0 fully saturated rings. The minimum absolute atomic E-state index is 0.132. The minimum atomic E-state index is -0.132. The van der Waals surface area contributed by atoms with Crippen LogP contribution in [0.2, 0.25) is 0 Å². The quantitative estimate of drug-likeness (QED) is 0.574. The average Bonchev–Trinajstić information content (AvgIpc) is 2.69. The van der Waals surface area contributed by atoms with Crippen molar-refractivity contribution in [1.82, 2.24) is 0 Å². The van der Waals surface area contributed by atoms with E-state index in [1.807, 2.05) is 42.5 Å². The Morgan fingerprint density at radius 1 is 0.885 bits per heavy atom. The van der Waals surface area contributed by atoms with Crippen molar-refractivity contribution in [2.45, 2.75) is 26.2 Å². The number of carbonyl (C=O) groups is 1. The maximum absolute atomic E-state index is 12.4. The van der Waals surface area contributed by atoms with Crippen LogP contribution in [0.1, 0.15) is 42.1 Å². The van der Waals surface area contributed by atoms with E-state index in [1.165, 1.54) is 5.56 Å². The van der Waals surface area contributed by atoms with E-state index >= 15 is 0 Å². The van der Waals surface area contributed by atoms with Crippen molar-refractivity contribution in [2.24, 2.45) is 0 Å². The van der Waals surface area contributed by atoms with E-state index in [1.54, 1.807) is 24.3 Å². The Hall–Kier alpha value is -3.07. The highest BCUT2D eigenvalue weighted by Gasteiger charge is 2.08. The summed E-state index contributed by atoms with van der Waals surface area (Å²) < 4.78 is 5.75. The number of anilines is 1. The molecule has 3 aromatic carbocycles. The molecule has 0 aliphatic carbocycles. The molecule has 1 N–H and O–H groups in total. The fourth-order valence-electron chi connectivity index (χ4n) is 2.63. The Morgan fingerprint density at radius 2 is 1.50 bits per heavy atom. The van der Waals surface area contributed by atoms with Gasteiger partial charge in [-0.2, -0.15) is 0 Å². The summed E-state index contributed by atoms with van der Waals surface area (Å²) in [4.78, 5) is 12.4. The molecule has 0 bridgehead atoms. The molecule has 1 amide bonds. The molecule has 3 aromatic rings. The lowest BCUT2D eigenvalue weighted by molar-refractivity contribution is 0.102. The van der Waals surface area contributed by atoms with E-state index in [9.17, 15) is 4.79 Å². The van der Waals surface area contributed by atoms with Gasteiger partial charge in [0.1, 0.15) is 11.5 Å². The van der Waals surface area contributed by atoms with Gasteiger partial charge in [-0.3, -0.25) is 4.79 Å². The van der Waals surface area contributed by atoms with Crippen molar-refractivity contribution in [3.63, 3.8) is 0 Å². The molecule has 0 saturated carbocycles. The van der Waals surface area contributed by atoms with Crippen LogP contribution in [0.25, 0.3) is 0 Å². The minimum Gasteiger partial charge on any atom is -0.457 e. The fraction of sp³-hybridized carbons (Fsp3) is 0.174. The first-order valence-corrected chi connectivity index (χ1v) is 8.90. The summed E-state index contributed by atoms with van der Waals surface area (Å²) in [5, 5.41) is 2.93. The number of rotatable bonds is 6. The van der Waals surface area contributed by atoms with Gasteiger partial charge in [-0.15, -0.1) is 0 Å². The van der Waals surface area contributed by atoms with E-state index < -0.39 is 0 Å². The summed E-state index contributed by atoms with van der Waals surface area (Å²) in [6.45, 7) is 4.37. The van der Waals surface area contributed by atoms with Crippen molar-refractivity contribution in [2.75, 3.05) is 5.32 Å². The van der Waals surface area contributed by atoms with Gasteiger partial charge < -0.3 is 10.1 Å². The molecule has 132 valence electrons. The normalized spacial score (nSPS) is 11.6. The number of hydrogen-bond acceptors (Lipinski definition) is 2. The SMILES string of the molecule is CC[C@H](C)c1ccc(NC(=O)c2ccc(Oc3ccccc3)cc2)cc1. The molecule has 0 aliphatic rings. The van der Waals surface area contributed by atoms with Crippen molar-refractivity contribution in [3.8, 4) is 11.5 Å². The third-order valence-electron chi connectivity index (χ3n) is 4.45. The first-order valence-electron chi connectivity index (χ1n) is 8.90. The Kier molecular flexibility index (Phi) is 5.69. The van der Waals surface area contributed by atoms with Crippen LogP contribution in [0, 0.1) is 0 Å². The number of amides is 1. The Morgan fingerprint density at radius 3 is 2.12 bits per heavy atom. The van der Waals surface area contributed by atoms with Crippen LogP contribution in [-0.4, -0.2) is 5.91 Å². The molecule has 1 atom stereocenters. The standard InChI is InChI=1S/C23H23NO2/c1-3-17(2)18-9-13-20(14-10-18)24-23(25)19-11-15-22(16-12-19)26-21-7-5-4-6-8-21/h4-17H,3H2,1-2H3,(H,24,25)/t17-/m0/s1. The van der Waals surface area contributed by atoms with Gasteiger partial charge in [0, 0.05) is 11.3 Å². The van der Waals surface area contributed by atoms with Gasteiger partial charge in [-0.05, 0) is 66.4 Å². The topological polar surface area (TPSA) is 38.3 Å². The van der Waals surface area contributed by atoms with E-state index in [2.05, 4.69) is 31.3 Å². The molecule has 0 radical (unpaired) electrons. The first-order chi connectivity index (χ1) is 12.7. The zero-order chi connectivity index (χ0) is 18.4. The Balaban J connectivity index is 1.63. The summed E-state index contributed by atoms with van der Waals surface area (Å²) in [5.74, 6) is 1.86. The van der Waals surface area contributed by atoms with Gasteiger partial charge in [0.2, 0.25) is 0 Å². The number of nitrogens with one attached hydrogen (secondary N) is 1. The molecule has 3 nitrogen and oxygen atoms in total. The third-order valence-corrected chi connectivity index (χ3v) is 4.45. The van der Waals surface area contributed by atoms with Gasteiger partial charge in [-0.1, -0.05) is 44.2 Å². The lowest BCUT2D eigenvalue weighted by Gasteiger charge is -2.11. The van der Waals surface area contributed by atoms with E-state index in [0.29, 0.717) is 17.2 Å². The second kappa shape index (κ2) is 8.34. The smallest absolute Gasteiger partial charge is 0.255 e. The van der Waals surface area contributed by atoms with Crippen LogP contribution in [0.3, 0.4) is 0 Å². The number of hydrogen-bond donors (Lipinski definition) is 1. The van der Waals surface area contributed by atoms with Gasteiger partial charge in [-0.25, -0.2) is 0 Å². The second-order valence-corrected chi connectivity index (χ2v) is 6.32. The molecular formula is C23H23NO2. The largest absolute Gasteiger partial charge is 0.457 e. The van der Waals surface area contributed by atoms with Crippen molar-refractivity contribution in [3.05, 3.63) is 90.0 Å². The molecule has 0 aliphatic heterocycles. The Labute approximate surface area is 154 Å². The maximum Gasteiger partial charge on any atom is 0.255 e. The van der Waals surface area contributed by atoms with Crippen LogP contribution in [-0.2, 0) is 0 Å². The second-order valence-electron chi connectivity index (χ2n) is 6.32. The molecule has 0 heterocycles. The van der Waals surface area contributed by atoms with Crippen LogP contribution in [0.4, 0.5) is 5.69 Å². The summed E-state index contributed by atoms with van der Waals surface area (Å²) in [6.07, 6.45) is 1.10. The van der Waals surface area contributed by atoms with Gasteiger partial charge in [0.05, 0.1) is 0 Å². The lowest BCUT2D eigenvalue weighted by Crippen LogP contribution is -2.11. The molecular weight excluding hydrogens is 322 g/mol. The van der Waals surface area contributed by atoms with E-state index in [0.717, 1.165) is 17.9 Å². The van der Waals surface area contributed by atoms with Crippen molar-refractivity contribution >= 4 is 11.6 Å². The summed E-state index contributed by atoms with van der Waals surface area (Å²) >= 11 is 0. The highest BCUT2D eigenvalue weighted by Crippen LogP contribution is 2.23. The Bertz CT molecular complexity index is 840. The molecule has 0 aromatic heterocycles. The zero-order valence-corrected chi connectivity index (χ0v) is 15.1. The van der Waals surface area contributed by atoms with Crippen LogP contribution < -0.4 is 10.1 Å². The van der Waals surface area contributed by atoms with Crippen molar-refractivity contribution < 1.29 is 9.53 Å². The highest BCUT2D eigenvalue weighted by atomic mass is 16.5. The molecule has 3 heteroatoms. The predicted molar refractivity (Wildman–Crippen MR) is 106 cm³/mol.